The Morgan fingerprint density at radius 2 is 2.00 bits per heavy atom. The van der Waals surface area contributed by atoms with Gasteiger partial charge in [-0.1, -0.05) is 0 Å². The summed E-state index contributed by atoms with van der Waals surface area (Å²) in [6.07, 6.45) is 0. The molecule has 2 aromatic rings. The average Bonchev–Trinajstić information content (AvgIpc) is 2.19. The lowest BCUT2D eigenvalue weighted by atomic mass is 10.1. The van der Waals surface area contributed by atoms with Gasteiger partial charge in [-0.2, -0.15) is 0 Å². The van der Waals surface area contributed by atoms with Gasteiger partial charge in [0, 0.05) is 17.6 Å². The molecule has 78 valence electrons. The third kappa shape index (κ3) is 1.70. The van der Waals surface area contributed by atoms with Crippen LogP contribution in [0.15, 0.2) is 18.2 Å². The van der Waals surface area contributed by atoms with Crippen LogP contribution in [-0.4, -0.2) is 4.98 Å². The molecule has 2 N–H and O–H groups in total. The van der Waals surface area contributed by atoms with Crippen LogP contribution in [0.3, 0.4) is 0 Å². The van der Waals surface area contributed by atoms with E-state index in [4.69, 9.17) is 5.73 Å². The van der Waals surface area contributed by atoms with Crippen LogP contribution >= 0.6 is 0 Å². The zero-order valence-corrected chi connectivity index (χ0v) is 8.84. The number of hydrogen-bond acceptors (Lipinski definition) is 2. The molecule has 1 aromatic heterocycles. The lowest BCUT2D eigenvalue weighted by molar-refractivity contribution is 0.634. The lowest BCUT2D eigenvalue weighted by Crippen LogP contribution is -1.99. The number of pyridine rings is 1. The van der Waals surface area contributed by atoms with Gasteiger partial charge in [0.1, 0.15) is 11.3 Å². The van der Waals surface area contributed by atoms with Crippen LogP contribution in [0.25, 0.3) is 10.9 Å². The summed E-state index contributed by atoms with van der Waals surface area (Å²) in [5, 5.41) is 0.848. The normalized spacial score (nSPS) is 10.9. The SMILES string of the molecule is Cc1cc(C)c2cc(CN)cc(F)c2n1. The summed E-state index contributed by atoms with van der Waals surface area (Å²) < 4.78 is 13.7. The molecule has 0 amide bonds. The minimum absolute atomic E-state index is 0.292. The number of aromatic nitrogens is 1. The molecular weight excluding hydrogens is 191 g/mol. The topological polar surface area (TPSA) is 38.9 Å². The van der Waals surface area contributed by atoms with Gasteiger partial charge in [0.05, 0.1) is 0 Å². The summed E-state index contributed by atoms with van der Waals surface area (Å²) in [5.74, 6) is -0.292. The highest BCUT2D eigenvalue weighted by atomic mass is 19.1. The molecule has 1 heterocycles. The molecule has 2 rings (SSSR count). The highest BCUT2D eigenvalue weighted by Crippen LogP contribution is 2.22. The molecule has 0 aliphatic carbocycles. The van der Waals surface area contributed by atoms with Gasteiger partial charge >= 0.3 is 0 Å². The summed E-state index contributed by atoms with van der Waals surface area (Å²) >= 11 is 0. The largest absolute Gasteiger partial charge is 0.326 e. The van der Waals surface area contributed by atoms with E-state index in [0.717, 1.165) is 22.2 Å². The van der Waals surface area contributed by atoms with Crippen molar-refractivity contribution in [2.24, 2.45) is 5.73 Å². The van der Waals surface area contributed by atoms with E-state index in [-0.39, 0.29) is 5.82 Å². The van der Waals surface area contributed by atoms with E-state index in [1.165, 1.54) is 6.07 Å². The molecule has 0 bridgehead atoms. The van der Waals surface area contributed by atoms with Gasteiger partial charge in [-0.05, 0) is 43.2 Å². The van der Waals surface area contributed by atoms with Gasteiger partial charge in [0.2, 0.25) is 0 Å². The van der Waals surface area contributed by atoms with Crippen LogP contribution < -0.4 is 5.73 Å². The van der Waals surface area contributed by atoms with E-state index in [2.05, 4.69) is 4.98 Å². The maximum absolute atomic E-state index is 13.7. The molecule has 3 heteroatoms. The molecule has 0 atom stereocenters. The van der Waals surface area contributed by atoms with E-state index >= 15 is 0 Å². The Balaban J connectivity index is 2.85. The van der Waals surface area contributed by atoms with Crippen molar-refractivity contribution in [2.75, 3.05) is 0 Å². The standard InChI is InChI=1S/C12H13FN2/c1-7-3-8(2)15-12-10(7)4-9(6-14)5-11(12)13/h3-5H,6,14H2,1-2H3. The number of hydrogen-bond donors (Lipinski definition) is 1. The molecule has 15 heavy (non-hydrogen) atoms. The van der Waals surface area contributed by atoms with Crippen molar-refractivity contribution in [1.29, 1.82) is 0 Å². The first-order chi connectivity index (χ1) is 7.11. The molecule has 0 spiro atoms. The fourth-order valence-electron chi connectivity index (χ4n) is 1.79. The number of rotatable bonds is 1. The molecule has 0 aliphatic rings. The van der Waals surface area contributed by atoms with Crippen molar-refractivity contribution >= 4 is 10.9 Å². The fourth-order valence-corrected chi connectivity index (χ4v) is 1.79. The second-order valence-corrected chi connectivity index (χ2v) is 3.76. The highest BCUT2D eigenvalue weighted by Gasteiger charge is 2.07. The van der Waals surface area contributed by atoms with E-state index in [1.807, 2.05) is 26.0 Å². The van der Waals surface area contributed by atoms with E-state index in [9.17, 15) is 4.39 Å². The number of benzene rings is 1. The summed E-state index contributed by atoms with van der Waals surface area (Å²) in [4.78, 5) is 4.20. The van der Waals surface area contributed by atoms with Crippen molar-refractivity contribution in [3.8, 4) is 0 Å². The van der Waals surface area contributed by atoms with Crippen molar-refractivity contribution in [3.05, 3.63) is 40.8 Å². The van der Waals surface area contributed by atoms with Gasteiger partial charge in [0.15, 0.2) is 0 Å². The van der Waals surface area contributed by atoms with E-state index < -0.39 is 0 Å². The van der Waals surface area contributed by atoms with Gasteiger partial charge in [-0.15, -0.1) is 0 Å². The molecule has 0 saturated heterocycles. The number of halogens is 1. The van der Waals surface area contributed by atoms with Crippen LogP contribution in [-0.2, 0) is 6.54 Å². The van der Waals surface area contributed by atoms with Gasteiger partial charge < -0.3 is 5.73 Å². The van der Waals surface area contributed by atoms with Crippen LogP contribution in [0.2, 0.25) is 0 Å². The Bertz CT molecular complexity index is 521. The summed E-state index contributed by atoms with van der Waals surface area (Å²) in [7, 11) is 0. The molecule has 0 aliphatic heterocycles. The Hall–Kier alpha value is -1.48. The van der Waals surface area contributed by atoms with Crippen LogP contribution in [0.1, 0.15) is 16.8 Å². The van der Waals surface area contributed by atoms with Gasteiger partial charge in [0.25, 0.3) is 0 Å². The summed E-state index contributed by atoms with van der Waals surface area (Å²) in [5.41, 5.74) is 8.60. The second kappa shape index (κ2) is 3.59. The molecule has 2 nitrogen and oxygen atoms in total. The van der Waals surface area contributed by atoms with Gasteiger partial charge in [-0.25, -0.2) is 4.39 Å². The highest BCUT2D eigenvalue weighted by molar-refractivity contribution is 5.83. The minimum atomic E-state index is -0.292. The van der Waals surface area contributed by atoms with Gasteiger partial charge in [-0.3, -0.25) is 4.98 Å². The lowest BCUT2D eigenvalue weighted by Gasteiger charge is -2.06. The third-order valence-electron chi connectivity index (χ3n) is 2.50. The Kier molecular flexibility index (Phi) is 2.40. The van der Waals surface area contributed by atoms with E-state index in [1.54, 1.807) is 0 Å². The van der Waals surface area contributed by atoms with Crippen LogP contribution in [0, 0.1) is 19.7 Å². The summed E-state index contributed by atoms with van der Waals surface area (Å²) in [6, 6.07) is 5.30. The molecule has 0 fully saturated rings. The molecule has 0 unspecified atom stereocenters. The van der Waals surface area contributed by atoms with Crippen LogP contribution in [0.5, 0.6) is 0 Å². The molecule has 1 aromatic carbocycles. The molecular formula is C12H13FN2. The van der Waals surface area contributed by atoms with E-state index in [0.29, 0.717) is 12.1 Å². The molecule has 0 saturated carbocycles. The first kappa shape index (κ1) is 10.1. The second-order valence-electron chi connectivity index (χ2n) is 3.76. The first-order valence-corrected chi connectivity index (χ1v) is 4.88. The van der Waals surface area contributed by atoms with Crippen LogP contribution in [0.4, 0.5) is 4.39 Å². The first-order valence-electron chi connectivity index (χ1n) is 4.88. The Morgan fingerprint density at radius 1 is 1.27 bits per heavy atom. The third-order valence-corrected chi connectivity index (χ3v) is 2.50. The number of aryl methyl sites for hydroxylation is 2. The number of nitrogens with zero attached hydrogens (tertiary/aromatic N) is 1. The minimum Gasteiger partial charge on any atom is -0.326 e. The summed E-state index contributed by atoms with van der Waals surface area (Å²) in [6.45, 7) is 4.17. The fraction of sp³-hybridized carbons (Fsp3) is 0.250. The number of fused-ring (bicyclic) bond motifs is 1. The molecule has 0 radical (unpaired) electrons. The Labute approximate surface area is 87.9 Å². The maximum atomic E-state index is 13.7. The monoisotopic (exact) mass is 204 g/mol. The zero-order chi connectivity index (χ0) is 11.0. The number of nitrogens with two attached hydrogens (primary N) is 1. The zero-order valence-electron chi connectivity index (χ0n) is 8.84. The smallest absolute Gasteiger partial charge is 0.149 e. The predicted octanol–water partition coefficient (Wildman–Crippen LogP) is 2.45. The Morgan fingerprint density at radius 3 is 2.67 bits per heavy atom. The average molecular weight is 204 g/mol. The quantitative estimate of drug-likeness (QED) is 0.774. The predicted molar refractivity (Wildman–Crippen MR) is 59.1 cm³/mol. The van der Waals surface area contributed by atoms with Crippen molar-refractivity contribution in [3.63, 3.8) is 0 Å². The van der Waals surface area contributed by atoms with Crippen molar-refractivity contribution < 1.29 is 4.39 Å². The van der Waals surface area contributed by atoms with Crippen molar-refractivity contribution in [2.45, 2.75) is 20.4 Å². The maximum Gasteiger partial charge on any atom is 0.149 e. The van der Waals surface area contributed by atoms with Crippen molar-refractivity contribution in [1.82, 2.24) is 4.98 Å².